The molecule has 1 aromatic carbocycles. The van der Waals surface area contributed by atoms with Gasteiger partial charge in [-0.05, 0) is 30.7 Å². The fourth-order valence-electron chi connectivity index (χ4n) is 2.84. The molecule has 0 bridgehead atoms. The number of rotatable bonds is 6. The van der Waals surface area contributed by atoms with E-state index in [1.54, 1.807) is 0 Å². The zero-order chi connectivity index (χ0) is 14.4. The lowest BCUT2D eigenvalue weighted by Crippen LogP contribution is -2.33. The van der Waals surface area contributed by atoms with E-state index in [4.69, 9.17) is 5.11 Å². The minimum atomic E-state index is -0.731. The second-order valence-electron chi connectivity index (χ2n) is 5.43. The van der Waals surface area contributed by atoms with Gasteiger partial charge in [-0.1, -0.05) is 36.8 Å². The molecular formula is C16H21NO3. The Balaban J connectivity index is 1.71. The van der Waals surface area contributed by atoms with Crippen LogP contribution in [-0.4, -0.2) is 23.5 Å². The highest BCUT2D eigenvalue weighted by Gasteiger charge is 2.32. The molecule has 1 aliphatic carbocycles. The molecule has 4 nitrogen and oxygen atoms in total. The van der Waals surface area contributed by atoms with Crippen molar-refractivity contribution in [3.63, 3.8) is 0 Å². The standard InChI is InChI=1S/C16H21NO3/c18-15(10-9-12-5-2-1-3-6-12)17-11-13-7-4-8-14(13)16(19)20/h1-3,5-6,13-14H,4,7-11H2,(H,17,18)(H,19,20). The Hall–Kier alpha value is -1.84. The smallest absolute Gasteiger partial charge is 0.306 e. The maximum atomic E-state index is 11.8. The maximum absolute atomic E-state index is 11.8. The number of carbonyl (C=O) groups is 2. The van der Waals surface area contributed by atoms with Crippen LogP contribution < -0.4 is 5.32 Å². The number of hydrogen-bond donors (Lipinski definition) is 2. The summed E-state index contributed by atoms with van der Waals surface area (Å²) in [6, 6.07) is 9.89. The van der Waals surface area contributed by atoms with E-state index < -0.39 is 5.97 Å². The van der Waals surface area contributed by atoms with Crippen LogP contribution in [0.15, 0.2) is 30.3 Å². The molecule has 0 aliphatic heterocycles. The van der Waals surface area contributed by atoms with Crippen molar-refractivity contribution < 1.29 is 14.7 Å². The van der Waals surface area contributed by atoms with Crippen LogP contribution in [0.5, 0.6) is 0 Å². The Kier molecular flexibility index (Phi) is 5.16. The quantitative estimate of drug-likeness (QED) is 0.836. The van der Waals surface area contributed by atoms with Crippen molar-refractivity contribution in [3.8, 4) is 0 Å². The highest BCUT2D eigenvalue weighted by Crippen LogP contribution is 2.31. The molecule has 2 N–H and O–H groups in total. The van der Waals surface area contributed by atoms with Crippen LogP contribution in [0.2, 0.25) is 0 Å². The first-order chi connectivity index (χ1) is 9.66. The summed E-state index contributed by atoms with van der Waals surface area (Å²) in [7, 11) is 0. The van der Waals surface area contributed by atoms with Crippen LogP contribution in [0, 0.1) is 11.8 Å². The van der Waals surface area contributed by atoms with Crippen molar-refractivity contribution in [2.24, 2.45) is 11.8 Å². The predicted octanol–water partition coefficient (Wildman–Crippen LogP) is 2.24. The highest BCUT2D eigenvalue weighted by atomic mass is 16.4. The zero-order valence-electron chi connectivity index (χ0n) is 11.5. The lowest BCUT2D eigenvalue weighted by molar-refractivity contribution is -0.143. The number of nitrogens with one attached hydrogen (secondary N) is 1. The zero-order valence-corrected chi connectivity index (χ0v) is 11.5. The van der Waals surface area contributed by atoms with Gasteiger partial charge in [0.25, 0.3) is 0 Å². The van der Waals surface area contributed by atoms with Crippen LogP contribution >= 0.6 is 0 Å². The molecule has 0 aromatic heterocycles. The Morgan fingerprint density at radius 1 is 1.20 bits per heavy atom. The monoisotopic (exact) mass is 275 g/mol. The number of carboxylic acids is 1. The molecule has 1 aliphatic rings. The third kappa shape index (κ3) is 4.08. The molecule has 2 atom stereocenters. The average molecular weight is 275 g/mol. The summed E-state index contributed by atoms with van der Waals surface area (Å²) in [4.78, 5) is 22.8. The minimum Gasteiger partial charge on any atom is -0.481 e. The third-order valence-corrected chi connectivity index (χ3v) is 4.02. The molecule has 1 saturated carbocycles. The average Bonchev–Trinajstić information content (AvgIpc) is 2.92. The molecule has 0 saturated heterocycles. The van der Waals surface area contributed by atoms with Crippen molar-refractivity contribution in [2.75, 3.05) is 6.54 Å². The lowest BCUT2D eigenvalue weighted by atomic mass is 9.96. The van der Waals surface area contributed by atoms with Crippen molar-refractivity contribution in [3.05, 3.63) is 35.9 Å². The summed E-state index contributed by atoms with van der Waals surface area (Å²) in [6.45, 7) is 0.491. The van der Waals surface area contributed by atoms with E-state index in [0.717, 1.165) is 31.2 Å². The maximum Gasteiger partial charge on any atom is 0.306 e. The second-order valence-corrected chi connectivity index (χ2v) is 5.43. The van der Waals surface area contributed by atoms with Gasteiger partial charge in [0.1, 0.15) is 0 Å². The van der Waals surface area contributed by atoms with Gasteiger partial charge in [-0.2, -0.15) is 0 Å². The number of benzene rings is 1. The Morgan fingerprint density at radius 3 is 2.65 bits per heavy atom. The van der Waals surface area contributed by atoms with Gasteiger partial charge in [0.15, 0.2) is 0 Å². The van der Waals surface area contributed by atoms with Crippen molar-refractivity contribution in [2.45, 2.75) is 32.1 Å². The van der Waals surface area contributed by atoms with Crippen LogP contribution in [-0.2, 0) is 16.0 Å². The first kappa shape index (κ1) is 14.6. The SMILES string of the molecule is O=C(CCc1ccccc1)NCC1CCCC1C(=O)O. The van der Waals surface area contributed by atoms with E-state index in [2.05, 4.69) is 5.32 Å². The summed E-state index contributed by atoms with van der Waals surface area (Å²) >= 11 is 0. The van der Waals surface area contributed by atoms with Gasteiger partial charge < -0.3 is 10.4 Å². The van der Waals surface area contributed by atoms with Crippen LogP contribution in [0.1, 0.15) is 31.2 Å². The van der Waals surface area contributed by atoms with Gasteiger partial charge in [-0.3, -0.25) is 9.59 Å². The minimum absolute atomic E-state index is 0.00453. The van der Waals surface area contributed by atoms with Crippen LogP contribution in [0.25, 0.3) is 0 Å². The first-order valence-electron chi connectivity index (χ1n) is 7.20. The van der Waals surface area contributed by atoms with Crippen molar-refractivity contribution >= 4 is 11.9 Å². The van der Waals surface area contributed by atoms with Crippen LogP contribution in [0.3, 0.4) is 0 Å². The first-order valence-corrected chi connectivity index (χ1v) is 7.20. The second kappa shape index (κ2) is 7.08. The highest BCUT2D eigenvalue weighted by molar-refractivity contribution is 5.76. The number of amides is 1. The lowest BCUT2D eigenvalue weighted by Gasteiger charge is -2.16. The van der Waals surface area contributed by atoms with Crippen molar-refractivity contribution in [1.82, 2.24) is 5.32 Å². The molecule has 0 radical (unpaired) electrons. The van der Waals surface area contributed by atoms with Gasteiger partial charge in [0, 0.05) is 13.0 Å². The molecule has 20 heavy (non-hydrogen) atoms. The molecule has 2 rings (SSSR count). The van der Waals surface area contributed by atoms with Crippen LogP contribution in [0.4, 0.5) is 0 Å². The summed E-state index contributed by atoms with van der Waals surface area (Å²) in [6.07, 6.45) is 3.76. The number of carboxylic acid groups (broad SMARTS) is 1. The van der Waals surface area contributed by atoms with E-state index >= 15 is 0 Å². The Bertz CT molecular complexity index is 458. The normalized spacial score (nSPS) is 21.6. The number of aliphatic carboxylic acids is 1. The third-order valence-electron chi connectivity index (χ3n) is 4.02. The number of carbonyl (C=O) groups excluding carboxylic acids is 1. The topological polar surface area (TPSA) is 66.4 Å². The molecule has 1 amide bonds. The van der Waals surface area contributed by atoms with E-state index in [9.17, 15) is 9.59 Å². The van der Waals surface area contributed by atoms with Gasteiger partial charge in [0.2, 0.25) is 5.91 Å². The molecular weight excluding hydrogens is 254 g/mol. The van der Waals surface area contributed by atoms with E-state index in [1.807, 2.05) is 30.3 Å². The largest absolute Gasteiger partial charge is 0.481 e. The summed E-state index contributed by atoms with van der Waals surface area (Å²) in [5.74, 6) is -0.923. The Labute approximate surface area is 119 Å². The molecule has 4 heteroatoms. The predicted molar refractivity (Wildman–Crippen MR) is 76.2 cm³/mol. The molecule has 0 heterocycles. The van der Waals surface area contributed by atoms with Gasteiger partial charge in [-0.25, -0.2) is 0 Å². The van der Waals surface area contributed by atoms with Gasteiger partial charge in [-0.15, -0.1) is 0 Å². The van der Waals surface area contributed by atoms with E-state index in [1.165, 1.54) is 0 Å². The Morgan fingerprint density at radius 2 is 1.95 bits per heavy atom. The molecule has 2 unspecified atom stereocenters. The van der Waals surface area contributed by atoms with Gasteiger partial charge >= 0.3 is 5.97 Å². The number of hydrogen-bond acceptors (Lipinski definition) is 2. The number of aryl methyl sites for hydroxylation is 1. The molecule has 1 aromatic rings. The van der Waals surface area contributed by atoms with Gasteiger partial charge in [0.05, 0.1) is 5.92 Å². The van der Waals surface area contributed by atoms with E-state index in [0.29, 0.717) is 13.0 Å². The molecule has 108 valence electrons. The molecule has 0 spiro atoms. The fraction of sp³-hybridized carbons (Fsp3) is 0.500. The van der Waals surface area contributed by atoms with E-state index in [-0.39, 0.29) is 17.7 Å². The van der Waals surface area contributed by atoms with Crippen molar-refractivity contribution in [1.29, 1.82) is 0 Å². The summed E-state index contributed by atoms with van der Waals surface area (Å²) in [5, 5.41) is 12.0. The summed E-state index contributed by atoms with van der Waals surface area (Å²) < 4.78 is 0. The molecule has 1 fully saturated rings. The fourth-order valence-corrected chi connectivity index (χ4v) is 2.84. The summed E-state index contributed by atoms with van der Waals surface area (Å²) in [5.41, 5.74) is 1.15.